The van der Waals surface area contributed by atoms with Crippen molar-refractivity contribution in [3.8, 4) is 17.3 Å². The molecule has 0 aromatic carbocycles. The van der Waals surface area contributed by atoms with Crippen LogP contribution in [0.25, 0.3) is 11.3 Å². The number of anilines is 3. The first-order valence-corrected chi connectivity index (χ1v) is 10.4. The van der Waals surface area contributed by atoms with Gasteiger partial charge < -0.3 is 15.5 Å². The Labute approximate surface area is 188 Å². The Balaban J connectivity index is 0.00000231. The quantitative estimate of drug-likeness (QED) is 0.631. The molecule has 0 bridgehead atoms. The van der Waals surface area contributed by atoms with Gasteiger partial charge in [-0.25, -0.2) is 15.0 Å². The summed E-state index contributed by atoms with van der Waals surface area (Å²) in [6.45, 7) is 3.93. The topological polar surface area (TPSA) is 89.8 Å². The summed E-state index contributed by atoms with van der Waals surface area (Å²) in [6.07, 6.45) is 5.97. The van der Waals surface area contributed by atoms with Crippen LogP contribution in [0.2, 0.25) is 0 Å². The van der Waals surface area contributed by atoms with Crippen LogP contribution < -0.4 is 15.5 Å². The summed E-state index contributed by atoms with van der Waals surface area (Å²) in [4.78, 5) is 16.1. The number of hydrogen-bond acceptors (Lipinski definition) is 7. The van der Waals surface area contributed by atoms with Crippen LogP contribution in [0.5, 0.6) is 0 Å². The fraction of sp³-hybridized carbons (Fsp3) is 0.304. The molecule has 2 N–H and O–H groups in total. The normalized spacial score (nSPS) is 15.6. The third-order valence-corrected chi connectivity index (χ3v) is 5.53. The maximum absolute atomic E-state index is 9.13. The Morgan fingerprint density at radius 3 is 2.58 bits per heavy atom. The van der Waals surface area contributed by atoms with E-state index >= 15 is 0 Å². The zero-order valence-corrected chi connectivity index (χ0v) is 17.9. The average Bonchev–Trinajstić information content (AvgIpc) is 3.65. The summed E-state index contributed by atoms with van der Waals surface area (Å²) in [5, 5.41) is 15.8. The van der Waals surface area contributed by atoms with E-state index in [1.165, 1.54) is 18.4 Å². The van der Waals surface area contributed by atoms with Gasteiger partial charge in [0.25, 0.3) is 0 Å². The van der Waals surface area contributed by atoms with E-state index in [2.05, 4.69) is 50.9 Å². The zero-order valence-electron chi connectivity index (χ0n) is 17.1. The minimum Gasteiger partial charge on any atom is -0.354 e. The summed E-state index contributed by atoms with van der Waals surface area (Å²) >= 11 is 0. The molecule has 1 aliphatic carbocycles. The van der Waals surface area contributed by atoms with Gasteiger partial charge in [0.15, 0.2) is 0 Å². The minimum atomic E-state index is 0. The average molecular weight is 434 g/mol. The van der Waals surface area contributed by atoms with Gasteiger partial charge in [-0.2, -0.15) is 5.26 Å². The van der Waals surface area contributed by atoms with Gasteiger partial charge in [0.1, 0.15) is 17.5 Å². The summed E-state index contributed by atoms with van der Waals surface area (Å²) in [5.41, 5.74) is 3.75. The van der Waals surface area contributed by atoms with Crippen LogP contribution in [0, 0.1) is 11.3 Å². The predicted octanol–water partition coefficient (Wildman–Crippen LogP) is 3.86. The molecule has 2 fully saturated rings. The molecule has 1 saturated carbocycles. The third-order valence-electron chi connectivity index (χ3n) is 5.53. The van der Waals surface area contributed by atoms with Crippen molar-refractivity contribution in [2.24, 2.45) is 0 Å². The molecule has 3 aromatic heterocycles. The van der Waals surface area contributed by atoms with Gasteiger partial charge >= 0.3 is 0 Å². The van der Waals surface area contributed by atoms with E-state index in [4.69, 9.17) is 15.2 Å². The Kier molecular flexibility index (Phi) is 6.31. The lowest BCUT2D eigenvalue weighted by molar-refractivity contribution is 0.585. The largest absolute Gasteiger partial charge is 0.354 e. The molecule has 31 heavy (non-hydrogen) atoms. The molecule has 7 nitrogen and oxygen atoms in total. The number of halogens is 1. The first-order valence-electron chi connectivity index (χ1n) is 10.4. The van der Waals surface area contributed by atoms with E-state index in [1.807, 2.05) is 6.20 Å². The highest BCUT2D eigenvalue weighted by Gasteiger charge is 2.25. The van der Waals surface area contributed by atoms with Crippen LogP contribution in [-0.4, -0.2) is 41.1 Å². The minimum absolute atomic E-state index is 0. The highest BCUT2D eigenvalue weighted by Crippen LogP contribution is 2.42. The van der Waals surface area contributed by atoms with Gasteiger partial charge in [0, 0.05) is 44.1 Å². The van der Waals surface area contributed by atoms with Gasteiger partial charge in [0.2, 0.25) is 0 Å². The second kappa shape index (κ2) is 9.29. The highest BCUT2D eigenvalue weighted by molar-refractivity contribution is 5.85. The second-order valence-electron chi connectivity index (χ2n) is 7.75. The fourth-order valence-electron chi connectivity index (χ4n) is 3.73. The Morgan fingerprint density at radius 2 is 1.87 bits per heavy atom. The number of nitrogens with one attached hydrogen (secondary N) is 2. The maximum atomic E-state index is 9.13. The van der Waals surface area contributed by atoms with Crippen molar-refractivity contribution in [2.75, 3.05) is 36.4 Å². The van der Waals surface area contributed by atoms with E-state index in [9.17, 15) is 0 Å². The van der Waals surface area contributed by atoms with Crippen molar-refractivity contribution < 1.29 is 0 Å². The molecular formula is C23H24ClN7. The first kappa shape index (κ1) is 21.0. The molecule has 5 rings (SSSR count). The molecule has 158 valence electrons. The molecule has 8 heteroatoms. The number of aromatic nitrogens is 3. The number of pyridine rings is 3. The second-order valence-corrected chi connectivity index (χ2v) is 7.75. The molecule has 0 unspecified atom stereocenters. The number of hydrogen-bond donors (Lipinski definition) is 2. The molecule has 3 aromatic rings. The van der Waals surface area contributed by atoms with Gasteiger partial charge in [-0.1, -0.05) is 0 Å². The van der Waals surface area contributed by atoms with Crippen molar-refractivity contribution in [2.45, 2.75) is 18.8 Å². The summed E-state index contributed by atoms with van der Waals surface area (Å²) in [5.74, 6) is 2.96. The lowest BCUT2D eigenvalue weighted by atomic mass is 10.1. The van der Waals surface area contributed by atoms with Gasteiger partial charge in [0.05, 0.1) is 17.3 Å². The van der Waals surface area contributed by atoms with Gasteiger partial charge in [-0.15, -0.1) is 12.4 Å². The molecule has 1 aliphatic heterocycles. The Bertz CT molecular complexity index is 1080. The monoisotopic (exact) mass is 433 g/mol. The van der Waals surface area contributed by atoms with Crippen LogP contribution in [-0.2, 0) is 0 Å². The first-order chi connectivity index (χ1) is 14.8. The molecular weight excluding hydrogens is 410 g/mol. The van der Waals surface area contributed by atoms with E-state index in [0.29, 0.717) is 17.3 Å². The highest BCUT2D eigenvalue weighted by atomic mass is 35.5. The van der Waals surface area contributed by atoms with E-state index in [-0.39, 0.29) is 12.4 Å². The van der Waals surface area contributed by atoms with Gasteiger partial charge in [-0.05, 0) is 60.7 Å². The summed E-state index contributed by atoms with van der Waals surface area (Å²) in [7, 11) is 0. The SMILES string of the molecule is Cl.N#Cc1ccnc(Nc2cc(C3CC3)cc(-c3ccc(N4CCNCC4)nc3)n2)c1. The number of rotatable bonds is 5. The molecule has 0 spiro atoms. The number of nitrogens with zero attached hydrogens (tertiary/aromatic N) is 5. The van der Waals surface area contributed by atoms with Crippen molar-refractivity contribution in [1.82, 2.24) is 20.3 Å². The van der Waals surface area contributed by atoms with Crippen LogP contribution >= 0.6 is 12.4 Å². The lowest BCUT2D eigenvalue weighted by Gasteiger charge is -2.28. The Morgan fingerprint density at radius 1 is 1.03 bits per heavy atom. The van der Waals surface area contributed by atoms with Crippen LogP contribution in [0.3, 0.4) is 0 Å². The number of piperazine rings is 1. The Hall–Kier alpha value is -3.21. The van der Waals surface area contributed by atoms with Crippen molar-refractivity contribution in [3.63, 3.8) is 0 Å². The molecule has 2 aliphatic rings. The van der Waals surface area contributed by atoms with Crippen LogP contribution in [0.15, 0.2) is 48.8 Å². The number of nitriles is 1. The van der Waals surface area contributed by atoms with E-state index in [1.54, 1.807) is 18.3 Å². The zero-order chi connectivity index (χ0) is 20.3. The van der Waals surface area contributed by atoms with E-state index in [0.717, 1.165) is 49.1 Å². The predicted molar refractivity (Wildman–Crippen MR) is 124 cm³/mol. The van der Waals surface area contributed by atoms with Gasteiger partial charge in [-0.3, -0.25) is 0 Å². The molecule has 0 radical (unpaired) electrons. The maximum Gasteiger partial charge on any atom is 0.132 e. The smallest absolute Gasteiger partial charge is 0.132 e. The molecule has 0 atom stereocenters. The molecule has 0 amide bonds. The van der Waals surface area contributed by atoms with Crippen LogP contribution in [0.4, 0.5) is 17.5 Å². The molecule has 1 saturated heterocycles. The lowest BCUT2D eigenvalue weighted by Crippen LogP contribution is -2.43. The molecule has 4 heterocycles. The van der Waals surface area contributed by atoms with Crippen molar-refractivity contribution in [3.05, 3.63) is 59.9 Å². The van der Waals surface area contributed by atoms with Crippen molar-refractivity contribution in [1.29, 1.82) is 5.26 Å². The summed E-state index contributed by atoms with van der Waals surface area (Å²) in [6, 6.07) is 14.0. The summed E-state index contributed by atoms with van der Waals surface area (Å²) < 4.78 is 0. The standard InChI is InChI=1S/C23H23N7.ClH/c24-14-16-5-6-26-21(11-16)29-22-13-19(17-1-2-17)12-20(28-22)18-3-4-23(27-15-18)30-9-7-25-8-10-30;/h3-6,11-13,15,17,25H,1-2,7-10H2,(H,26,28,29);1H. The van der Waals surface area contributed by atoms with E-state index < -0.39 is 0 Å². The van der Waals surface area contributed by atoms with Crippen molar-refractivity contribution >= 4 is 29.9 Å². The third kappa shape index (κ3) is 4.93. The fourth-order valence-corrected chi connectivity index (χ4v) is 3.73. The van der Waals surface area contributed by atoms with Crippen LogP contribution in [0.1, 0.15) is 29.9 Å².